The van der Waals surface area contributed by atoms with Gasteiger partial charge in [0.15, 0.2) is 0 Å². The van der Waals surface area contributed by atoms with E-state index < -0.39 is 32.8 Å². The molecule has 0 saturated carbocycles. The summed E-state index contributed by atoms with van der Waals surface area (Å²) in [5.41, 5.74) is 0.483. The quantitative estimate of drug-likeness (QED) is 0.247. The maximum Gasteiger partial charge on any atom is 0.484 e. The number of nitrogens with zero attached hydrogens (tertiary/aromatic N) is 2. The number of nitrogens with one attached hydrogen (secondary N) is 1. The van der Waals surface area contributed by atoms with Crippen molar-refractivity contribution in [2.75, 3.05) is 0 Å². The Morgan fingerprint density at radius 2 is 1.35 bits per heavy atom. The van der Waals surface area contributed by atoms with E-state index in [1.807, 2.05) is 0 Å². The minimum absolute atomic E-state index is 0.154. The standard InChI is InChI=1S/C6H2N2O4.C4HBrF7NO/c9-7(10)4-1-3-2-5(6(3)4)8(11)12;5-3(8,9)2(6,7)1(14)13-4(10,11)12/h1-2H;(H,13,14). The number of nitro benzene ring substituents is 2. The van der Waals surface area contributed by atoms with Gasteiger partial charge in [0.2, 0.25) is 0 Å². The van der Waals surface area contributed by atoms with Gasteiger partial charge >= 0.3 is 23.0 Å². The molecule has 1 N–H and O–H groups in total. The van der Waals surface area contributed by atoms with Crippen LogP contribution in [0, 0.1) is 20.2 Å². The van der Waals surface area contributed by atoms with E-state index in [2.05, 4.69) is 0 Å². The number of alkyl halides is 8. The number of halogens is 8. The van der Waals surface area contributed by atoms with E-state index in [0.29, 0.717) is 5.56 Å². The first-order valence-corrected chi connectivity index (χ1v) is 6.59. The van der Waals surface area contributed by atoms with Gasteiger partial charge in [-0.25, -0.2) is 0 Å². The van der Waals surface area contributed by atoms with E-state index >= 15 is 0 Å². The monoisotopic (exact) mass is 457 g/mol. The van der Waals surface area contributed by atoms with Crippen LogP contribution in [0.1, 0.15) is 0 Å². The zero-order valence-electron chi connectivity index (χ0n) is 11.6. The van der Waals surface area contributed by atoms with E-state index in [9.17, 15) is 55.8 Å². The fraction of sp³-hybridized carbons (Fsp3) is 0.300. The Hall–Kier alpha value is -2.52. The van der Waals surface area contributed by atoms with Gasteiger partial charge < -0.3 is 0 Å². The summed E-state index contributed by atoms with van der Waals surface area (Å²) in [6.45, 7) is 0. The lowest BCUT2D eigenvalue weighted by Crippen LogP contribution is -2.53. The molecular weight excluding hydrogens is 455 g/mol. The van der Waals surface area contributed by atoms with Crippen molar-refractivity contribution in [2.45, 2.75) is 17.1 Å². The van der Waals surface area contributed by atoms with E-state index in [1.165, 1.54) is 12.1 Å². The number of carbonyl (C=O) groups excluding carboxylic acids is 1. The molecule has 2 aliphatic rings. The van der Waals surface area contributed by atoms with Gasteiger partial charge in [-0.2, -0.15) is 30.7 Å². The molecule has 0 aromatic heterocycles. The van der Waals surface area contributed by atoms with E-state index in [-0.39, 0.29) is 22.3 Å². The summed E-state index contributed by atoms with van der Waals surface area (Å²) in [5.74, 6) is -8.62. The maximum atomic E-state index is 12.1. The number of nitro groups is 2. The summed E-state index contributed by atoms with van der Waals surface area (Å²) in [7, 11) is 0. The van der Waals surface area contributed by atoms with Gasteiger partial charge in [0.05, 0.1) is 9.85 Å². The van der Waals surface area contributed by atoms with Crippen LogP contribution in [0.4, 0.5) is 42.1 Å². The number of fused-ring (bicyclic) bond motifs is 1. The summed E-state index contributed by atoms with van der Waals surface area (Å²) < 4.78 is 81.9. The summed E-state index contributed by atoms with van der Waals surface area (Å²) in [6, 6.07) is 2.64. The van der Waals surface area contributed by atoms with Gasteiger partial charge in [-0.15, -0.1) is 0 Å². The molecule has 2 rings (SSSR count). The normalized spacial score (nSPS) is 12.6. The van der Waals surface area contributed by atoms with Gasteiger partial charge in [-0.3, -0.25) is 30.3 Å². The number of carbonyl (C=O) groups is 1. The Bertz CT molecular complexity index is 742. The second kappa shape index (κ2) is 6.65. The van der Waals surface area contributed by atoms with Crippen LogP contribution in [-0.4, -0.2) is 32.8 Å². The Morgan fingerprint density at radius 1 is 0.962 bits per heavy atom. The fourth-order valence-corrected chi connectivity index (χ4v) is 1.70. The number of benzene rings is 1. The van der Waals surface area contributed by atoms with Crippen LogP contribution in [0.25, 0.3) is 11.1 Å². The van der Waals surface area contributed by atoms with Gasteiger partial charge in [-0.05, 0) is 15.9 Å². The smallest absolute Gasteiger partial charge is 0.267 e. The minimum Gasteiger partial charge on any atom is -0.267 e. The van der Waals surface area contributed by atoms with Crippen molar-refractivity contribution in [3.8, 4) is 11.1 Å². The highest BCUT2D eigenvalue weighted by molar-refractivity contribution is 9.10. The van der Waals surface area contributed by atoms with Crippen molar-refractivity contribution in [3.05, 3.63) is 32.4 Å². The highest BCUT2D eigenvalue weighted by Gasteiger charge is 2.62. The molecule has 0 atom stereocenters. The molecule has 0 aromatic carbocycles. The van der Waals surface area contributed by atoms with Gasteiger partial charge in [0.25, 0.3) is 11.4 Å². The third kappa shape index (κ3) is 4.36. The summed E-state index contributed by atoms with van der Waals surface area (Å²) in [5, 5.41) is 20.2. The molecule has 144 valence electrons. The minimum atomic E-state index is -5.49. The molecule has 0 bridgehead atoms. The first-order chi connectivity index (χ1) is 11.5. The third-order valence-corrected chi connectivity index (χ3v) is 3.17. The topological polar surface area (TPSA) is 115 Å². The number of amides is 1. The summed E-state index contributed by atoms with van der Waals surface area (Å²) in [4.78, 5) is 24.1. The average Bonchev–Trinajstić information content (AvgIpc) is 2.37. The zero-order valence-corrected chi connectivity index (χ0v) is 13.2. The highest BCUT2D eigenvalue weighted by atomic mass is 79.9. The molecule has 1 amide bonds. The molecule has 0 aliphatic heterocycles. The zero-order chi connectivity index (χ0) is 20.7. The second-order valence-corrected chi connectivity index (χ2v) is 5.42. The predicted molar refractivity (Wildman–Crippen MR) is 71.8 cm³/mol. The van der Waals surface area contributed by atoms with Crippen molar-refractivity contribution >= 4 is 33.2 Å². The predicted octanol–water partition coefficient (Wildman–Crippen LogP) is 3.73. The van der Waals surface area contributed by atoms with Crippen molar-refractivity contribution in [1.29, 1.82) is 0 Å². The SMILES string of the molecule is O=C(NC(F)(F)F)C(F)(F)C(F)(F)Br.O=[N+]([O-])c1cc2cc([N+](=O)[O-])c1-2. The van der Waals surface area contributed by atoms with E-state index in [0.717, 1.165) is 15.9 Å². The van der Waals surface area contributed by atoms with Crippen molar-refractivity contribution in [2.24, 2.45) is 0 Å². The Balaban J connectivity index is 0.000000262. The molecule has 0 radical (unpaired) electrons. The van der Waals surface area contributed by atoms with Crippen molar-refractivity contribution < 1.29 is 45.4 Å². The molecule has 0 fully saturated rings. The van der Waals surface area contributed by atoms with Crippen LogP contribution in [0.2, 0.25) is 0 Å². The van der Waals surface area contributed by atoms with Crippen LogP contribution in [0.3, 0.4) is 0 Å². The average molecular weight is 458 g/mol. The molecule has 2 aliphatic carbocycles. The lowest BCUT2D eigenvalue weighted by molar-refractivity contribution is -0.394. The van der Waals surface area contributed by atoms with Gasteiger partial charge in [0, 0.05) is 17.7 Å². The highest BCUT2D eigenvalue weighted by Crippen LogP contribution is 2.50. The van der Waals surface area contributed by atoms with E-state index in [1.54, 1.807) is 0 Å². The third-order valence-electron chi connectivity index (χ3n) is 2.68. The molecule has 0 spiro atoms. The van der Waals surface area contributed by atoms with Crippen LogP contribution >= 0.6 is 15.9 Å². The van der Waals surface area contributed by atoms with E-state index in [4.69, 9.17) is 0 Å². The molecule has 26 heavy (non-hydrogen) atoms. The lowest BCUT2D eigenvalue weighted by Gasteiger charge is -2.20. The Morgan fingerprint density at radius 3 is 1.58 bits per heavy atom. The molecule has 0 heterocycles. The first kappa shape index (κ1) is 21.5. The summed E-state index contributed by atoms with van der Waals surface area (Å²) >= 11 is 1.10. The molecule has 0 saturated heterocycles. The number of rotatable bonds is 4. The van der Waals surface area contributed by atoms with Gasteiger partial charge in [0.1, 0.15) is 5.56 Å². The largest absolute Gasteiger partial charge is 0.484 e. The second-order valence-electron chi connectivity index (χ2n) is 4.43. The fourth-order valence-electron chi connectivity index (χ4n) is 1.52. The van der Waals surface area contributed by atoms with Crippen LogP contribution in [-0.2, 0) is 4.79 Å². The lowest BCUT2D eigenvalue weighted by atomic mass is 9.88. The van der Waals surface area contributed by atoms with Crippen molar-refractivity contribution in [3.63, 3.8) is 0 Å². The number of hydrogen-bond acceptors (Lipinski definition) is 5. The maximum absolute atomic E-state index is 12.1. The molecule has 16 heteroatoms. The first-order valence-electron chi connectivity index (χ1n) is 5.80. The van der Waals surface area contributed by atoms with Gasteiger partial charge in [-0.1, -0.05) is 0 Å². The van der Waals surface area contributed by atoms with Crippen molar-refractivity contribution in [1.82, 2.24) is 5.32 Å². The van der Waals surface area contributed by atoms with Crippen LogP contribution < -0.4 is 5.32 Å². The number of hydrogen-bond donors (Lipinski definition) is 1. The summed E-state index contributed by atoms with van der Waals surface area (Å²) in [6.07, 6.45) is -5.49. The molecular formula is C10H3BrF7N3O5. The Labute approximate surface area is 145 Å². The van der Waals surface area contributed by atoms with Crippen LogP contribution in [0.15, 0.2) is 12.1 Å². The molecule has 8 nitrogen and oxygen atoms in total. The molecule has 0 aromatic rings. The molecule has 0 unspecified atom stereocenters. The Kier molecular flexibility index (Phi) is 5.51. The van der Waals surface area contributed by atoms with Crippen LogP contribution in [0.5, 0.6) is 0 Å².